The van der Waals surface area contributed by atoms with E-state index in [-0.39, 0.29) is 30.3 Å². The number of fused-ring (bicyclic) bond motifs is 1. The lowest BCUT2D eigenvalue weighted by atomic mass is 10.1. The number of hydrogen-bond acceptors (Lipinski definition) is 8. The number of aliphatic carboxylic acids is 2. The van der Waals surface area contributed by atoms with E-state index >= 15 is 0 Å². The van der Waals surface area contributed by atoms with Crippen LogP contribution < -0.4 is 15.0 Å². The second kappa shape index (κ2) is 15.5. The van der Waals surface area contributed by atoms with Crippen molar-refractivity contribution in [1.82, 2.24) is 15.1 Å². The summed E-state index contributed by atoms with van der Waals surface area (Å²) in [5.41, 5.74) is 3.74. The average Bonchev–Trinajstić information content (AvgIpc) is 3.52. The number of halogens is 2. The van der Waals surface area contributed by atoms with Crippen LogP contribution in [0.1, 0.15) is 27.9 Å². The summed E-state index contributed by atoms with van der Waals surface area (Å²) >= 11 is 14.3. The standard InChI is InChI=1S/C33H30Cl2N4O8S/c1-19-24(34)8-4-10-27(19)46-12-13-47-33(45)39-11-14-48-30-22(6-3-9-26(30)39)21-16-36-38(18-21)17-20-5-2-7-23(29(20)35)31(42)37-25(32(43)44)15-28(40)41/h2-10,16,18,25H,11-15,17H2,1H3,(H,37,42)(H,40,41)(H,43,44). The second-order valence-corrected chi connectivity index (χ2v) is 12.5. The lowest BCUT2D eigenvalue weighted by Gasteiger charge is -2.29. The molecular formula is C33H30Cl2N4O8S. The summed E-state index contributed by atoms with van der Waals surface area (Å²) in [6.45, 7) is 2.75. The average molecular weight is 714 g/mol. The number of nitrogens with zero attached hydrogens (tertiary/aromatic N) is 3. The highest BCUT2D eigenvalue weighted by Crippen LogP contribution is 2.42. The zero-order valence-corrected chi connectivity index (χ0v) is 27.8. The largest absolute Gasteiger partial charge is 0.490 e. The van der Waals surface area contributed by atoms with Gasteiger partial charge in [-0.05, 0) is 36.8 Å². The highest BCUT2D eigenvalue weighted by Gasteiger charge is 2.27. The molecule has 3 aromatic carbocycles. The van der Waals surface area contributed by atoms with Crippen LogP contribution in [0.25, 0.3) is 11.1 Å². The molecule has 2 amide bonds. The van der Waals surface area contributed by atoms with Crippen LogP contribution in [0.3, 0.4) is 0 Å². The van der Waals surface area contributed by atoms with Gasteiger partial charge < -0.3 is 25.0 Å². The van der Waals surface area contributed by atoms with Crippen LogP contribution in [0.4, 0.5) is 10.5 Å². The number of hydrogen-bond donors (Lipinski definition) is 3. The maximum atomic E-state index is 13.1. The number of rotatable bonds is 12. The molecule has 0 bridgehead atoms. The van der Waals surface area contributed by atoms with E-state index in [2.05, 4.69) is 10.4 Å². The first kappa shape index (κ1) is 34.6. The minimum Gasteiger partial charge on any atom is -0.490 e. The second-order valence-electron chi connectivity index (χ2n) is 10.6. The lowest BCUT2D eigenvalue weighted by molar-refractivity contribution is -0.145. The summed E-state index contributed by atoms with van der Waals surface area (Å²) in [7, 11) is 0. The number of aromatic nitrogens is 2. The van der Waals surface area contributed by atoms with Crippen LogP contribution in [0.5, 0.6) is 5.75 Å². The van der Waals surface area contributed by atoms with Crippen molar-refractivity contribution in [3.05, 3.63) is 93.7 Å². The number of nitrogens with one attached hydrogen (secondary N) is 1. The normalized spacial score (nSPS) is 12.9. The van der Waals surface area contributed by atoms with E-state index in [1.165, 1.54) is 6.07 Å². The maximum Gasteiger partial charge on any atom is 0.414 e. The Balaban J connectivity index is 1.26. The quantitative estimate of drug-likeness (QED) is 0.149. The van der Waals surface area contributed by atoms with Crippen molar-refractivity contribution >= 4 is 64.6 Å². The molecule has 0 saturated carbocycles. The van der Waals surface area contributed by atoms with Gasteiger partial charge in [0.05, 0.1) is 35.4 Å². The molecule has 0 spiro atoms. The van der Waals surface area contributed by atoms with Gasteiger partial charge in [-0.15, -0.1) is 11.8 Å². The smallest absolute Gasteiger partial charge is 0.414 e. The van der Waals surface area contributed by atoms with Gasteiger partial charge in [0.2, 0.25) is 0 Å². The number of thioether (sulfide) groups is 1. The van der Waals surface area contributed by atoms with Crippen LogP contribution >= 0.6 is 35.0 Å². The molecule has 48 heavy (non-hydrogen) atoms. The number of carboxylic acids is 2. The highest BCUT2D eigenvalue weighted by atomic mass is 35.5. The fraction of sp³-hybridized carbons (Fsp3) is 0.242. The molecule has 1 unspecified atom stereocenters. The maximum absolute atomic E-state index is 13.1. The fourth-order valence-electron chi connectivity index (χ4n) is 5.02. The van der Waals surface area contributed by atoms with Crippen molar-refractivity contribution < 1.29 is 38.9 Å². The number of carbonyl (C=O) groups excluding carboxylic acids is 2. The molecule has 0 radical (unpaired) electrons. The van der Waals surface area contributed by atoms with Gasteiger partial charge in [-0.3, -0.25) is 19.2 Å². The summed E-state index contributed by atoms with van der Waals surface area (Å²) in [5.74, 6) is -2.36. The SMILES string of the molecule is Cc1c(Cl)cccc1OCCOC(=O)N1CCSc2c(-c3cnn(Cc4cccc(C(=O)NC(CC(=O)O)C(=O)O)c4Cl)c3)cccc21. The summed E-state index contributed by atoms with van der Waals surface area (Å²) in [6.07, 6.45) is 2.25. The van der Waals surface area contributed by atoms with E-state index in [0.717, 1.165) is 27.3 Å². The van der Waals surface area contributed by atoms with E-state index in [0.29, 0.717) is 28.6 Å². The van der Waals surface area contributed by atoms with Gasteiger partial charge in [0.15, 0.2) is 0 Å². The number of amides is 2. The first-order chi connectivity index (χ1) is 23.0. The third-order valence-electron chi connectivity index (χ3n) is 7.43. The molecular weight excluding hydrogens is 683 g/mol. The van der Waals surface area contributed by atoms with Gasteiger partial charge in [0, 0.05) is 45.1 Å². The van der Waals surface area contributed by atoms with E-state index in [9.17, 15) is 24.3 Å². The minimum absolute atomic E-state index is 0.00447. The fourth-order valence-corrected chi connectivity index (χ4v) is 6.60. The predicted molar refractivity (Wildman–Crippen MR) is 180 cm³/mol. The molecule has 250 valence electrons. The van der Waals surface area contributed by atoms with Crippen LogP contribution in [-0.2, 0) is 20.9 Å². The highest BCUT2D eigenvalue weighted by molar-refractivity contribution is 7.99. The summed E-state index contributed by atoms with van der Waals surface area (Å²) in [6, 6.07) is 14.1. The Hall–Kier alpha value is -4.72. The summed E-state index contributed by atoms with van der Waals surface area (Å²) < 4.78 is 12.9. The zero-order valence-electron chi connectivity index (χ0n) is 25.5. The molecule has 15 heteroatoms. The Kier molecular flexibility index (Phi) is 11.1. The third-order valence-corrected chi connectivity index (χ3v) is 9.39. The van der Waals surface area contributed by atoms with Crippen molar-refractivity contribution in [2.45, 2.75) is 30.8 Å². The molecule has 2 heterocycles. The van der Waals surface area contributed by atoms with Crippen molar-refractivity contribution in [3.8, 4) is 16.9 Å². The molecule has 0 saturated heterocycles. The Bertz CT molecular complexity index is 1870. The Labute approximate surface area is 289 Å². The Morgan fingerprint density at radius 2 is 1.81 bits per heavy atom. The molecule has 1 aromatic heterocycles. The minimum atomic E-state index is -1.62. The van der Waals surface area contributed by atoms with Crippen LogP contribution in [0.15, 0.2) is 71.9 Å². The zero-order chi connectivity index (χ0) is 34.4. The summed E-state index contributed by atoms with van der Waals surface area (Å²) in [5, 5.41) is 25.6. The first-order valence-electron chi connectivity index (χ1n) is 14.7. The third kappa shape index (κ3) is 8.04. The van der Waals surface area contributed by atoms with Gasteiger partial charge in [0.1, 0.15) is 25.0 Å². The molecule has 5 rings (SSSR count). The lowest BCUT2D eigenvalue weighted by Crippen LogP contribution is -2.42. The van der Waals surface area contributed by atoms with Gasteiger partial charge in [-0.1, -0.05) is 53.5 Å². The van der Waals surface area contributed by atoms with Gasteiger partial charge in [-0.25, -0.2) is 9.59 Å². The Morgan fingerprint density at radius 1 is 1.04 bits per heavy atom. The first-order valence-corrected chi connectivity index (χ1v) is 16.4. The molecule has 4 aromatic rings. The molecule has 0 fully saturated rings. The van der Waals surface area contributed by atoms with Gasteiger partial charge in [0.25, 0.3) is 5.91 Å². The van der Waals surface area contributed by atoms with Crippen molar-refractivity contribution in [2.24, 2.45) is 0 Å². The Morgan fingerprint density at radius 3 is 2.58 bits per heavy atom. The van der Waals surface area contributed by atoms with E-state index in [4.69, 9.17) is 37.8 Å². The molecule has 3 N–H and O–H groups in total. The number of carbonyl (C=O) groups is 4. The number of carboxylic acid groups (broad SMARTS) is 2. The van der Waals surface area contributed by atoms with Crippen molar-refractivity contribution in [1.29, 1.82) is 0 Å². The number of ether oxygens (including phenoxy) is 2. The topological polar surface area (TPSA) is 160 Å². The van der Waals surface area contributed by atoms with Gasteiger partial charge in [-0.2, -0.15) is 5.10 Å². The molecule has 12 nitrogen and oxygen atoms in total. The molecule has 1 atom stereocenters. The monoisotopic (exact) mass is 712 g/mol. The summed E-state index contributed by atoms with van der Waals surface area (Å²) in [4.78, 5) is 50.8. The van der Waals surface area contributed by atoms with Gasteiger partial charge >= 0.3 is 18.0 Å². The number of anilines is 1. The van der Waals surface area contributed by atoms with E-state index in [1.54, 1.807) is 57.9 Å². The van der Waals surface area contributed by atoms with E-state index in [1.807, 2.05) is 31.3 Å². The molecule has 1 aliphatic rings. The van der Waals surface area contributed by atoms with Crippen molar-refractivity contribution in [3.63, 3.8) is 0 Å². The van der Waals surface area contributed by atoms with Crippen LogP contribution in [0.2, 0.25) is 10.0 Å². The molecule has 1 aliphatic heterocycles. The van der Waals surface area contributed by atoms with E-state index < -0.39 is 36.4 Å². The molecule has 0 aliphatic carbocycles. The van der Waals surface area contributed by atoms with Crippen LogP contribution in [0, 0.1) is 6.92 Å². The number of benzene rings is 3. The predicted octanol–water partition coefficient (Wildman–Crippen LogP) is 6.00. The van der Waals surface area contributed by atoms with Crippen molar-refractivity contribution in [2.75, 3.05) is 30.4 Å². The van der Waals surface area contributed by atoms with Crippen LogP contribution in [-0.4, -0.2) is 75.5 Å².